The minimum Gasteiger partial charge on any atom is -0.481 e. The maximum absolute atomic E-state index is 12.3. The number of aliphatic imine (C=N–C) groups is 1. The fraction of sp³-hybridized carbons (Fsp3) is 0.650. The number of ether oxygens (including phenoxy) is 2. The van der Waals surface area contributed by atoms with Gasteiger partial charge >= 0.3 is 6.09 Å². The van der Waals surface area contributed by atoms with Crippen molar-refractivity contribution in [3.63, 3.8) is 0 Å². The van der Waals surface area contributed by atoms with Crippen LogP contribution in [-0.2, 0) is 11.3 Å². The fourth-order valence-electron chi connectivity index (χ4n) is 2.64. The van der Waals surface area contributed by atoms with E-state index in [1.807, 2.05) is 46.8 Å². The Morgan fingerprint density at radius 1 is 1.21 bits per heavy atom. The molecule has 0 spiro atoms. The molecule has 0 fully saturated rings. The Bertz CT molecular complexity index is 658. The summed E-state index contributed by atoms with van der Waals surface area (Å²) >= 11 is 0. The van der Waals surface area contributed by atoms with Gasteiger partial charge in [-0.15, -0.1) is 24.0 Å². The average molecular weight is 521 g/mol. The largest absolute Gasteiger partial charge is 0.481 e. The number of nitrogens with zero attached hydrogens (tertiary/aromatic N) is 2. The van der Waals surface area contributed by atoms with E-state index < -0.39 is 17.2 Å². The van der Waals surface area contributed by atoms with Crippen LogP contribution in [0, 0.1) is 0 Å². The van der Waals surface area contributed by atoms with E-state index >= 15 is 0 Å². The van der Waals surface area contributed by atoms with Gasteiger partial charge in [-0.1, -0.05) is 19.9 Å². The number of amides is 1. The highest BCUT2D eigenvalue weighted by Crippen LogP contribution is 2.16. The highest BCUT2D eigenvalue weighted by Gasteiger charge is 2.30. The molecule has 1 aromatic heterocycles. The second kappa shape index (κ2) is 12.7. The maximum Gasteiger partial charge on any atom is 0.408 e. The number of aromatic nitrogens is 1. The molecule has 29 heavy (non-hydrogen) atoms. The molecule has 0 aromatic carbocycles. The number of pyridine rings is 1. The Morgan fingerprint density at radius 2 is 1.86 bits per heavy atom. The number of nitrogens with one attached hydrogen (secondary N) is 3. The van der Waals surface area contributed by atoms with E-state index in [-0.39, 0.29) is 24.0 Å². The number of hydrogen-bond acceptors (Lipinski definition) is 5. The van der Waals surface area contributed by atoms with E-state index in [4.69, 9.17) is 9.47 Å². The summed E-state index contributed by atoms with van der Waals surface area (Å²) in [6.45, 7) is 10.7. The van der Waals surface area contributed by atoms with Crippen molar-refractivity contribution in [2.75, 3.05) is 20.7 Å². The van der Waals surface area contributed by atoms with Gasteiger partial charge in [-0.3, -0.25) is 4.99 Å². The van der Waals surface area contributed by atoms with Gasteiger partial charge in [-0.25, -0.2) is 9.78 Å². The van der Waals surface area contributed by atoms with Crippen molar-refractivity contribution in [1.29, 1.82) is 0 Å². The number of methoxy groups -OCH3 is 1. The number of carbonyl (C=O) groups is 1. The van der Waals surface area contributed by atoms with Gasteiger partial charge in [0.15, 0.2) is 5.96 Å². The molecule has 1 aromatic rings. The number of hydrogen-bond donors (Lipinski definition) is 3. The first-order valence-electron chi connectivity index (χ1n) is 9.62. The van der Waals surface area contributed by atoms with Crippen molar-refractivity contribution >= 4 is 36.0 Å². The predicted octanol–water partition coefficient (Wildman–Crippen LogP) is 3.46. The van der Waals surface area contributed by atoms with Crippen LogP contribution in [0.2, 0.25) is 0 Å². The Hall–Kier alpha value is -1.78. The predicted molar refractivity (Wildman–Crippen MR) is 127 cm³/mol. The third-order valence-corrected chi connectivity index (χ3v) is 4.43. The SMILES string of the molecule is CCC(CC)(CNC(=NC)NCc1cccnc1OC)NC(=O)OC(C)(C)C.I. The first kappa shape index (κ1) is 27.2. The summed E-state index contributed by atoms with van der Waals surface area (Å²) in [6, 6.07) is 3.80. The fourth-order valence-corrected chi connectivity index (χ4v) is 2.64. The van der Waals surface area contributed by atoms with Crippen LogP contribution in [0.1, 0.15) is 53.0 Å². The summed E-state index contributed by atoms with van der Waals surface area (Å²) in [5, 5.41) is 9.56. The summed E-state index contributed by atoms with van der Waals surface area (Å²) in [4.78, 5) is 20.7. The molecule has 0 radical (unpaired) electrons. The van der Waals surface area contributed by atoms with Gasteiger partial charge in [-0.05, 0) is 39.7 Å². The molecule has 1 heterocycles. The van der Waals surface area contributed by atoms with Crippen LogP contribution < -0.4 is 20.7 Å². The Kier molecular flexibility index (Phi) is 11.9. The molecular weight excluding hydrogens is 485 g/mol. The van der Waals surface area contributed by atoms with Crippen molar-refractivity contribution in [3.05, 3.63) is 23.9 Å². The van der Waals surface area contributed by atoms with E-state index in [2.05, 4.69) is 25.9 Å². The molecule has 0 unspecified atom stereocenters. The van der Waals surface area contributed by atoms with Crippen molar-refractivity contribution in [2.24, 2.45) is 4.99 Å². The third kappa shape index (κ3) is 9.51. The van der Waals surface area contributed by atoms with Gasteiger partial charge in [0.1, 0.15) is 5.60 Å². The molecule has 1 amide bonds. The molecule has 166 valence electrons. The van der Waals surface area contributed by atoms with Crippen LogP contribution in [0.5, 0.6) is 5.88 Å². The van der Waals surface area contributed by atoms with Gasteiger partial charge in [0, 0.05) is 31.9 Å². The Balaban J connectivity index is 0.00000784. The summed E-state index contributed by atoms with van der Waals surface area (Å²) in [5.74, 6) is 1.21. The Morgan fingerprint density at radius 3 is 2.38 bits per heavy atom. The molecule has 0 aliphatic carbocycles. The molecule has 1 rings (SSSR count). The zero-order valence-electron chi connectivity index (χ0n) is 18.6. The molecule has 0 bridgehead atoms. The minimum absolute atomic E-state index is 0. The van der Waals surface area contributed by atoms with Crippen LogP contribution in [0.25, 0.3) is 0 Å². The lowest BCUT2D eigenvalue weighted by molar-refractivity contribution is 0.0448. The molecular formula is C20H36IN5O3. The molecule has 8 nitrogen and oxygen atoms in total. The monoisotopic (exact) mass is 521 g/mol. The standard InChI is InChI=1S/C20H35N5O3.HI/c1-8-20(9-2,25-18(26)28-19(3,4)5)14-24-17(21-6)23-13-15-11-10-12-22-16(15)27-7;/h10-12H,8-9,13-14H2,1-7H3,(H,25,26)(H2,21,23,24);1H. The number of rotatable bonds is 8. The molecule has 3 N–H and O–H groups in total. The van der Waals surface area contributed by atoms with Crippen molar-refractivity contribution < 1.29 is 14.3 Å². The van der Waals surface area contributed by atoms with Crippen molar-refractivity contribution in [1.82, 2.24) is 20.9 Å². The molecule has 9 heteroatoms. The average Bonchev–Trinajstić information content (AvgIpc) is 2.65. The minimum atomic E-state index is -0.537. The van der Waals surface area contributed by atoms with Gasteiger partial charge in [0.2, 0.25) is 5.88 Å². The van der Waals surface area contributed by atoms with Gasteiger partial charge in [-0.2, -0.15) is 0 Å². The van der Waals surface area contributed by atoms with E-state index in [9.17, 15) is 4.79 Å². The maximum atomic E-state index is 12.3. The first-order valence-corrected chi connectivity index (χ1v) is 9.62. The second-order valence-electron chi connectivity index (χ2n) is 7.57. The third-order valence-electron chi connectivity index (χ3n) is 4.43. The topological polar surface area (TPSA) is 96.9 Å². The van der Waals surface area contributed by atoms with Crippen molar-refractivity contribution in [3.8, 4) is 5.88 Å². The molecule has 0 saturated carbocycles. The summed E-state index contributed by atoms with van der Waals surface area (Å²) < 4.78 is 10.7. The zero-order chi connectivity index (χ0) is 21.2. The Labute approximate surface area is 191 Å². The smallest absolute Gasteiger partial charge is 0.408 e. The molecule has 0 atom stereocenters. The van der Waals surface area contributed by atoms with Crippen LogP contribution in [-0.4, -0.2) is 48.9 Å². The highest BCUT2D eigenvalue weighted by molar-refractivity contribution is 14.0. The van der Waals surface area contributed by atoms with E-state index in [0.717, 1.165) is 18.4 Å². The van der Waals surface area contributed by atoms with Crippen LogP contribution >= 0.6 is 24.0 Å². The van der Waals surface area contributed by atoms with E-state index in [0.29, 0.717) is 24.9 Å². The number of halogens is 1. The van der Waals surface area contributed by atoms with Gasteiger partial charge in [0.25, 0.3) is 0 Å². The normalized spacial score (nSPS) is 11.9. The second-order valence-corrected chi connectivity index (χ2v) is 7.57. The van der Waals surface area contributed by atoms with Crippen LogP contribution in [0.15, 0.2) is 23.3 Å². The lowest BCUT2D eigenvalue weighted by Crippen LogP contribution is -2.57. The van der Waals surface area contributed by atoms with Crippen molar-refractivity contribution in [2.45, 2.75) is 65.1 Å². The molecule has 0 aliphatic heterocycles. The molecule has 0 saturated heterocycles. The van der Waals surface area contributed by atoms with Gasteiger partial charge in [0.05, 0.1) is 12.6 Å². The van der Waals surface area contributed by atoms with Crippen LogP contribution in [0.4, 0.5) is 4.79 Å². The lowest BCUT2D eigenvalue weighted by atomic mass is 9.93. The summed E-state index contributed by atoms with van der Waals surface area (Å²) in [6.07, 6.45) is 2.78. The lowest BCUT2D eigenvalue weighted by Gasteiger charge is -2.34. The van der Waals surface area contributed by atoms with E-state index in [1.165, 1.54) is 0 Å². The van der Waals surface area contributed by atoms with Crippen LogP contribution in [0.3, 0.4) is 0 Å². The van der Waals surface area contributed by atoms with Gasteiger partial charge < -0.3 is 25.4 Å². The number of carbonyl (C=O) groups excluding carboxylic acids is 1. The molecule has 0 aliphatic rings. The number of guanidine groups is 1. The highest BCUT2D eigenvalue weighted by atomic mass is 127. The quantitative estimate of drug-likeness (QED) is 0.276. The zero-order valence-corrected chi connectivity index (χ0v) is 20.9. The summed E-state index contributed by atoms with van der Waals surface area (Å²) in [7, 11) is 3.30. The number of alkyl carbamates (subject to hydrolysis) is 1. The summed E-state index contributed by atoms with van der Waals surface area (Å²) in [5.41, 5.74) is -0.0473. The van der Waals surface area contributed by atoms with E-state index in [1.54, 1.807) is 20.4 Å². The first-order chi connectivity index (χ1) is 13.2.